The van der Waals surface area contributed by atoms with Crippen LogP contribution in [0.25, 0.3) is 0 Å². The first-order valence-electron chi connectivity index (χ1n) is 4.70. The van der Waals surface area contributed by atoms with Crippen LogP contribution in [0.4, 0.5) is 0 Å². The van der Waals surface area contributed by atoms with Crippen LogP contribution in [0.5, 0.6) is 0 Å². The second-order valence-electron chi connectivity index (χ2n) is 3.15. The molecule has 0 unspecified atom stereocenters. The Balaban J connectivity index is 2.26. The molecule has 1 aliphatic rings. The molecule has 0 spiro atoms. The predicted molar refractivity (Wildman–Crippen MR) is 46.9 cm³/mol. The van der Waals surface area contributed by atoms with E-state index in [-0.39, 0.29) is 12.0 Å². The first-order valence-corrected chi connectivity index (χ1v) is 4.70. The van der Waals surface area contributed by atoms with Gasteiger partial charge in [0.25, 0.3) is 0 Å². The molecule has 0 aliphatic heterocycles. The highest BCUT2D eigenvalue weighted by Gasteiger charge is 2.27. The molecule has 0 aromatic carbocycles. The minimum absolute atomic E-state index is 0.0857. The third-order valence-electron chi connectivity index (χ3n) is 1.99. The van der Waals surface area contributed by atoms with Crippen molar-refractivity contribution in [2.24, 2.45) is 0 Å². The fourth-order valence-corrected chi connectivity index (χ4v) is 1.13. The number of hydrogen-bond acceptors (Lipinski definition) is 3. The Morgan fingerprint density at radius 3 is 2.67 bits per heavy atom. The van der Waals surface area contributed by atoms with Gasteiger partial charge in [-0.05, 0) is 26.2 Å². The average Bonchev–Trinajstić information content (AvgIpc) is 2.84. The minimum Gasteiger partial charge on any atom is -0.465 e. The molecule has 0 heterocycles. The van der Waals surface area contributed by atoms with Crippen LogP contribution >= 0.6 is 0 Å². The molecule has 12 heavy (non-hydrogen) atoms. The highest BCUT2D eigenvalue weighted by Crippen LogP contribution is 2.20. The van der Waals surface area contributed by atoms with E-state index in [4.69, 9.17) is 4.74 Å². The van der Waals surface area contributed by atoms with E-state index < -0.39 is 0 Å². The number of hydrogen-bond donors (Lipinski definition) is 1. The van der Waals surface area contributed by atoms with E-state index in [0.717, 1.165) is 6.42 Å². The van der Waals surface area contributed by atoms with Crippen molar-refractivity contribution in [2.75, 3.05) is 6.61 Å². The van der Waals surface area contributed by atoms with Crippen LogP contribution in [0.1, 0.15) is 33.1 Å². The molecule has 70 valence electrons. The molecule has 0 bridgehead atoms. The number of rotatable bonds is 5. The summed E-state index contributed by atoms with van der Waals surface area (Å²) in [4.78, 5) is 11.3. The lowest BCUT2D eigenvalue weighted by Gasteiger charge is -2.14. The summed E-state index contributed by atoms with van der Waals surface area (Å²) in [7, 11) is 0. The Hall–Kier alpha value is -0.570. The monoisotopic (exact) mass is 171 g/mol. The minimum atomic E-state index is -0.105. The van der Waals surface area contributed by atoms with Gasteiger partial charge in [0.2, 0.25) is 0 Å². The van der Waals surface area contributed by atoms with E-state index >= 15 is 0 Å². The zero-order valence-corrected chi connectivity index (χ0v) is 7.80. The van der Waals surface area contributed by atoms with Gasteiger partial charge in [0.15, 0.2) is 0 Å². The summed E-state index contributed by atoms with van der Waals surface area (Å²) in [5, 5.41) is 3.25. The van der Waals surface area contributed by atoms with Crippen LogP contribution in [0.2, 0.25) is 0 Å². The maximum Gasteiger partial charge on any atom is 0.323 e. The first kappa shape index (κ1) is 9.52. The molecule has 0 saturated heterocycles. The summed E-state index contributed by atoms with van der Waals surface area (Å²) in [5.74, 6) is -0.105. The van der Waals surface area contributed by atoms with Crippen molar-refractivity contribution >= 4 is 5.97 Å². The Bertz CT molecular complexity index is 155. The van der Waals surface area contributed by atoms with Crippen molar-refractivity contribution in [3.05, 3.63) is 0 Å². The molecule has 1 atom stereocenters. The van der Waals surface area contributed by atoms with Crippen LogP contribution in [0.15, 0.2) is 0 Å². The Morgan fingerprint density at radius 1 is 1.58 bits per heavy atom. The fraction of sp³-hybridized carbons (Fsp3) is 0.889. The zero-order valence-electron chi connectivity index (χ0n) is 7.80. The van der Waals surface area contributed by atoms with Crippen LogP contribution in [0.3, 0.4) is 0 Å². The van der Waals surface area contributed by atoms with Gasteiger partial charge in [0.1, 0.15) is 6.04 Å². The molecule has 1 N–H and O–H groups in total. The van der Waals surface area contributed by atoms with Gasteiger partial charge in [0.05, 0.1) is 6.61 Å². The molecule has 0 aromatic rings. The van der Waals surface area contributed by atoms with Crippen LogP contribution in [-0.4, -0.2) is 24.7 Å². The van der Waals surface area contributed by atoms with Gasteiger partial charge in [-0.25, -0.2) is 0 Å². The Kier molecular flexibility index (Phi) is 3.53. The van der Waals surface area contributed by atoms with Crippen molar-refractivity contribution < 1.29 is 9.53 Å². The van der Waals surface area contributed by atoms with Crippen molar-refractivity contribution in [2.45, 2.75) is 45.2 Å². The smallest absolute Gasteiger partial charge is 0.323 e. The van der Waals surface area contributed by atoms with E-state index in [1.807, 2.05) is 13.8 Å². The summed E-state index contributed by atoms with van der Waals surface area (Å²) in [5.41, 5.74) is 0. The van der Waals surface area contributed by atoms with E-state index in [0.29, 0.717) is 12.6 Å². The van der Waals surface area contributed by atoms with Crippen LogP contribution in [0, 0.1) is 0 Å². The summed E-state index contributed by atoms with van der Waals surface area (Å²) in [6.45, 7) is 4.31. The van der Waals surface area contributed by atoms with Gasteiger partial charge < -0.3 is 10.1 Å². The molecule has 1 fully saturated rings. The summed E-state index contributed by atoms with van der Waals surface area (Å²) in [6.07, 6.45) is 3.22. The predicted octanol–water partition coefficient (Wildman–Crippen LogP) is 1.08. The first-order chi connectivity index (χ1) is 5.77. The molecule has 1 rings (SSSR count). The maximum atomic E-state index is 11.3. The molecule has 1 aliphatic carbocycles. The lowest BCUT2D eigenvalue weighted by Crippen LogP contribution is -2.38. The second-order valence-corrected chi connectivity index (χ2v) is 3.15. The highest BCUT2D eigenvalue weighted by atomic mass is 16.5. The SMILES string of the molecule is CCOC(=O)[C@@H](CC)NC1CC1. The third-order valence-corrected chi connectivity index (χ3v) is 1.99. The average molecular weight is 171 g/mol. The lowest BCUT2D eigenvalue weighted by molar-refractivity contribution is -0.145. The van der Waals surface area contributed by atoms with Gasteiger partial charge in [-0.2, -0.15) is 0 Å². The van der Waals surface area contributed by atoms with Crippen LogP contribution in [-0.2, 0) is 9.53 Å². The van der Waals surface area contributed by atoms with E-state index in [1.165, 1.54) is 12.8 Å². The molecule has 3 heteroatoms. The second kappa shape index (κ2) is 4.45. The third kappa shape index (κ3) is 2.81. The molecular weight excluding hydrogens is 154 g/mol. The molecule has 0 amide bonds. The largest absolute Gasteiger partial charge is 0.465 e. The van der Waals surface area contributed by atoms with Crippen molar-refractivity contribution in [1.29, 1.82) is 0 Å². The summed E-state index contributed by atoms with van der Waals surface area (Å²) in [6, 6.07) is 0.483. The Labute approximate surface area is 73.5 Å². The molecule has 1 saturated carbocycles. The van der Waals surface area contributed by atoms with Gasteiger partial charge in [0, 0.05) is 6.04 Å². The standard InChI is InChI=1S/C9H17NO2/c1-3-8(9(11)12-4-2)10-7-5-6-7/h7-8,10H,3-6H2,1-2H3/t8-/m1/s1. The van der Waals surface area contributed by atoms with Crippen molar-refractivity contribution in [3.63, 3.8) is 0 Å². The number of esters is 1. The quantitative estimate of drug-likeness (QED) is 0.629. The number of carbonyl (C=O) groups is 1. The van der Waals surface area contributed by atoms with E-state index in [1.54, 1.807) is 0 Å². The molecule has 3 nitrogen and oxygen atoms in total. The number of ether oxygens (including phenoxy) is 1. The zero-order chi connectivity index (χ0) is 8.97. The topological polar surface area (TPSA) is 38.3 Å². The van der Waals surface area contributed by atoms with E-state index in [9.17, 15) is 4.79 Å². The maximum absolute atomic E-state index is 11.3. The number of nitrogens with one attached hydrogen (secondary N) is 1. The van der Waals surface area contributed by atoms with Crippen molar-refractivity contribution in [1.82, 2.24) is 5.32 Å². The fourth-order valence-electron chi connectivity index (χ4n) is 1.13. The van der Waals surface area contributed by atoms with Gasteiger partial charge in [-0.15, -0.1) is 0 Å². The van der Waals surface area contributed by atoms with Gasteiger partial charge in [-0.1, -0.05) is 6.92 Å². The highest BCUT2D eigenvalue weighted by molar-refractivity contribution is 5.75. The van der Waals surface area contributed by atoms with Crippen LogP contribution < -0.4 is 5.32 Å². The normalized spacial score (nSPS) is 18.8. The summed E-state index contributed by atoms with van der Waals surface area (Å²) >= 11 is 0. The Morgan fingerprint density at radius 2 is 2.25 bits per heavy atom. The van der Waals surface area contributed by atoms with E-state index in [2.05, 4.69) is 5.32 Å². The lowest BCUT2D eigenvalue weighted by atomic mass is 10.2. The van der Waals surface area contributed by atoms with Gasteiger partial charge >= 0.3 is 5.97 Å². The van der Waals surface area contributed by atoms with Gasteiger partial charge in [-0.3, -0.25) is 4.79 Å². The number of carbonyl (C=O) groups excluding carboxylic acids is 1. The molecular formula is C9H17NO2. The molecule has 0 aromatic heterocycles. The summed E-state index contributed by atoms with van der Waals surface area (Å²) < 4.78 is 4.92. The molecule has 0 radical (unpaired) electrons. The van der Waals surface area contributed by atoms with Crippen molar-refractivity contribution in [3.8, 4) is 0 Å².